The third kappa shape index (κ3) is 1.48. The highest BCUT2D eigenvalue weighted by atomic mass is 16.1. The van der Waals surface area contributed by atoms with E-state index in [-0.39, 0.29) is 5.56 Å². The van der Waals surface area contributed by atoms with Gasteiger partial charge in [-0.15, -0.1) is 0 Å². The number of aryl methyl sites for hydroxylation is 1. The summed E-state index contributed by atoms with van der Waals surface area (Å²) in [6, 6.07) is 15.8. The Morgan fingerprint density at radius 1 is 1.00 bits per heavy atom. The zero-order valence-electron chi connectivity index (χ0n) is 10.4. The van der Waals surface area contributed by atoms with Gasteiger partial charge in [-0.2, -0.15) is 0 Å². The Morgan fingerprint density at radius 2 is 1.72 bits per heavy atom. The van der Waals surface area contributed by atoms with E-state index in [1.807, 2.05) is 49.0 Å². The van der Waals surface area contributed by atoms with E-state index in [4.69, 9.17) is 0 Å². The Bertz CT molecular complexity index is 775. The molecule has 0 radical (unpaired) electrons. The summed E-state index contributed by atoms with van der Waals surface area (Å²) < 4.78 is 3.59. The topological polar surface area (TPSA) is 26.9 Å². The molecule has 0 saturated carbocycles. The summed E-state index contributed by atoms with van der Waals surface area (Å²) in [7, 11) is 1.90. The van der Waals surface area contributed by atoms with Crippen molar-refractivity contribution in [2.24, 2.45) is 7.05 Å². The monoisotopic (exact) mass is 238 g/mol. The van der Waals surface area contributed by atoms with Crippen molar-refractivity contribution in [2.75, 3.05) is 0 Å². The molecule has 3 nitrogen and oxygen atoms in total. The highest BCUT2D eigenvalue weighted by molar-refractivity contribution is 5.89. The second-order valence-electron chi connectivity index (χ2n) is 4.46. The van der Waals surface area contributed by atoms with Crippen LogP contribution in [-0.4, -0.2) is 9.36 Å². The Balaban J connectivity index is 2.42. The zero-order valence-corrected chi connectivity index (χ0v) is 10.4. The lowest BCUT2D eigenvalue weighted by molar-refractivity contribution is 0.633. The molecule has 2 aromatic carbocycles. The molecule has 0 amide bonds. The van der Waals surface area contributed by atoms with E-state index in [2.05, 4.69) is 12.1 Å². The molecular formula is C15H14N2O. The predicted octanol–water partition coefficient (Wildman–Crippen LogP) is 2.64. The van der Waals surface area contributed by atoms with Crippen molar-refractivity contribution >= 4 is 10.8 Å². The first-order chi connectivity index (χ1) is 8.68. The second-order valence-corrected chi connectivity index (χ2v) is 4.46. The van der Waals surface area contributed by atoms with Crippen LogP contribution in [0.15, 0.2) is 53.3 Å². The third-order valence-electron chi connectivity index (χ3n) is 3.35. The fourth-order valence-corrected chi connectivity index (χ4v) is 2.31. The lowest BCUT2D eigenvalue weighted by atomic mass is 10.1. The highest BCUT2D eigenvalue weighted by Gasteiger charge is 2.09. The summed E-state index contributed by atoms with van der Waals surface area (Å²) in [5, 5.41) is 2.23. The molecule has 0 aliphatic rings. The summed E-state index contributed by atoms with van der Waals surface area (Å²) in [6.07, 6.45) is 0. The largest absolute Gasteiger partial charge is 0.285 e. The number of fused-ring (bicyclic) bond motifs is 1. The summed E-state index contributed by atoms with van der Waals surface area (Å²) in [5.74, 6) is 0. The van der Waals surface area contributed by atoms with Crippen LogP contribution >= 0.6 is 0 Å². The van der Waals surface area contributed by atoms with Crippen LogP contribution in [0.2, 0.25) is 0 Å². The van der Waals surface area contributed by atoms with E-state index in [9.17, 15) is 4.79 Å². The molecule has 3 heteroatoms. The average Bonchev–Trinajstić information content (AvgIpc) is 2.63. The van der Waals surface area contributed by atoms with Gasteiger partial charge in [0.1, 0.15) is 0 Å². The van der Waals surface area contributed by atoms with E-state index in [0.717, 1.165) is 22.2 Å². The van der Waals surface area contributed by atoms with Gasteiger partial charge in [0.15, 0.2) is 0 Å². The van der Waals surface area contributed by atoms with Crippen molar-refractivity contribution in [3.63, 3.8) is 0 Å². The van der Waals surface area contributed by atoms with E-state index in [1.165, 1.54) is 0 Å². The number of benzene rings is 2. The van der Waals surface area contributed by atoms with Gasteiger partial charge >= 0.3 is 0 Å². The van der Waals surface area contributed by atoms with Gasteiger partial charge in [-0.3, -0.25) is 9.48 Å². The lowest BCUT2D eigenvalue weighted by Crippen LogP contribution is -2.19. The maximum atomic E-state index is 12.0. The van der Waals surface area contributed by atoms with Crippen LogP contribution in [-0.2, 0) is 7.05 Å². The van der Waals surface area contributed by atoms with E-state index in [1.54, 1.807) is 10.7 Å². The Hall–Kier alpha value is -2.29. The van der Waals surface area contributed by atoms with Gasteiger partial charge in [0.05, 0.1) is 5.69 Å². The first-order valence-electron chi connectivity index (χ1n) is 5.92. The summed E-state index contributed by atoms with van der Waals surface area (Å²) in [5.41, 5.74) is 1.88. The molecule has 0 bridgehead atoms. The molecule has 1 heterocycles. The van der Waals surface area contributed by atoms with Crippen LogP contribution in [0.25, 0.3) is 16.5 Å². The van der Waals surface area contributed by atoms with E-state index < -0.39 is 0 Å². The number of nitrogens with zero attached hydrogens (tertiary/aromatic N) is 2. The number of hydrogen-bond donors (Lipinski definition) is 0. The number of rotatable bonds is 1. The zero-order chi connectivity index (χ0) is 12.7. The number of hydrogen-bond acceptors (Lipinski definition) is 1. The van der Waals surface area contributed by atoms with Gasteiger partial charge in [-0.25, -0.2) is 4.68 Å². The molecule has 0 spiro atoms. The molecule has 18 heavy (non-hydrogen) atoms. The fourth-order valence-electron chi connectivity index (χ4n) is 2.31. The Morgan fingerprint density at radius 3 is 2.44 bits per heavy atom. The minimum absolute atomic E-state index is 0.00588. The summed E-state index contributed by atoms with van der Waals surface area (Å²) >= 11 is 0. The van der Waals surface area contributed by atoms with Crippen LogP contribution in [0.3, 0.4) is 0 Å². The van der Waals surface area contributed by atoms with E-state index in [0.29, 0.717) is 0 Å². The second kappa shape index (κ2) is 3.88. The minimum Gasteiger partial charge on any atom is -0.285 e. The Labute approximate surface area is 105 Å². The maximum Gasteiger partial charge on any atom is 0.271 e. The molecule has 0 N–H and O–H groups in total. The molecule has 90 valence electrons. The molecule has 0 saturated heterocycles. The third-order valence-corrected chi connectivity index (χ3v) is 3.35. The van der Waals surface area contributed by atoms with Gasteiger partial charge in [0, 0.05) is 24.2 Å². The standard InChI is InChI=1S/C15H14N2O/c1-11-10-15(18)17(16(11)2)14-9-5-7-12-6-3-4-8-13(12)14/h3-10H,1-2H3. The van der Waals surface area contributed by atoms with Crippen molar-refractivity contribution < 1.29 is 0 Å². The molecular weight excluding hydrogens is 224 g/mol. The first kappa shape index (κ1) is 10.8. The molecule has 0 fully saturated rings. The van der Waals surface area contributed by atoms with Gasteiger partial charge < -0.3 is 0 Å². The van der Waals surface area contributed by atoms with Crippen molar-refractivity contribution in [3.05, 3.63) is 64.6 Å². The molecule has 0 aliphatic heterocycles. The molecule has 3 rings (SSSR count). The van der Waals surface area contributed by atoms with Crippen molar-refractivity contribution in [1.29, 1.82) is 0 Å². The smallest absolute Gasteiger partial charge is 0.271 e. The summed E-state index contributed by atoms with van der Waals surface area (Å²) in [6.45, 7) is 1.93. The van der Waals surface area contributed by atoms with E-state index >= 15 is 0 Å². The number of aromatic nitrogens is 2. The minimum atomic E-state index is 0.00588. The van der Waals surface area contributed by atoms with Crippen LogP contribution in [0.5, 0.6) is 0 Å². The van der Waals surface area contributed by atoms with Crippen LogP contribution in [0.4, 0.5) is 0 Å². The van der Waals surface area contributed by atoms with Gasteiger partial charge in [0.2, 0.25) is 0 Å². The molecule has 3 aromatic rings. The van der Waals surface area contributed by atoms with Crippen LogP contribution in [0.1, 0.15) is 5.69 Å². The van der Waals surface area contributed by atoms with Gasteiger partial charge in [0.25, 0.3) is 5.56 Å². The van der Waals surface area contributed by atoms with Crippen LogP contribution < -0.4 is 5.56 Å². The lowest BCUT2D eigenvalue weighted by Gasteiger charge is -2.11. The summed E-state index contributed by atoms with van der Waals surface area (Å²) in [4.78, 5) is 12.0. The highest BCUT2D eigenvalue weighted by Crippen LogP contribution is 2.21. The maximum absolute atomic E-state index is 12.0. The van der Waals surface area contributed by atoms with Crippen molar-refractivity contribution in [1.82, 2.24) is 9.36 Å². The van der Waals surface area contributed by atoms with Crippen LogP contribution in [0, 0.1) is 6.92 Å². The van der Waals surface area contributed by atoms with Gasteiger partial charge in [-0.05, 0) is 18.4 Å². The first-order valence-corrected chi connectivity index (χ1v) is 5.92. The van der Waals surface area contributed by atoms with Crippen molar-refractivity contribution in [2.45, 2.75) is 6.92 Å². The van der Waals surface area contributed by atoms with Crippen molar-refractivity contribution in [3.8, 4) is 5.69 Å². The fraction of sp³-hybridized carbons (Fsp3) is 0.133. The molecule has 1 aromatic heterocycles. The normalized spacial score (nSPS) is 11.0. The molecule has 0 atom stereocenters. The molecule has 0 unspecified atom stereocenters. The SMILES string of the molecule is Cc1cc(=O)n(-c2cccc3ccccc23)n1C. The average molecular weight is 238 g/mol. The predicted molar refractivity (Wildman–Crippen MR) is 73.3 cm³/mol. The quantitative estimate of drug-likeness (QED) is 0.640. The van der Waals surface area contributed by atoms with Gasteiger partial charge in [-0.1, -0.05) is 36.4 Å². The Kier molecular flexibility index (Phi) is 2.33. The molecule has 0 aliphatic carbocycles.